The molecule has 31 heavy (non-hydrogen) atoms. The topological polar surface area (TPSA) is 73.6 Å². The van der Waals surface area contributed by atoms with Gasteiger partial charge >= 0.3 is 0 Å². The lowest BCUT2D eigenvalue weighted by atomic mass is 10.1. The first kappa shape index (κ1) is 22.7. The van der Waals surface area contributed by atoms with Crippen LogP contribution in [-0.4, -0.2) is 52.6 Å². The molecule has 1 saturated heterocycles. The maximum Gasteiger partial charge on any atom is 0.220 e. The highest BCUT2D eigenvalue weighted by Crippen LogP contribution is 2.31. The molecule has 7 nitrogen and oxygen atoms in total. The second-order valence-electron chi connectivity index (χ2n) is 7.58. The van der Waals surface area contributed by atoms with Crippen molar-refractivity contribution in [2.24, 2.45) is 4.99 Å². The third kappa shape index (κ3) is 5.22. The van der Waals surface area contributed by atoms with Gasteiger partial charge in [0.05, 0.1) is 29.4 Å². The molecular weight excluding hydrogens is 390 g/mol. The first-order valence-electron chi connectivity index (χ1n) is 10.9. The Labute approximate surface area is 184 Å². The highest BCUT2D eigenvalue weighted by Gasteiger charge is 2.27. The lowest BCUT2D eigenvalue weighted by Gasteiger charge is -2.25. The fourth-order valence-corrected chi connectivity index (χ4v) is 3.68. The molecule has 2 aliphatic rings. The van der Waals surface area contributed by atoms with Crippen LogP contribution in [0.4, 0.5) is 5.69 Å². The third-order valence-electron chi connectivity index (χ3n) is 5.31. The Balaban J connectivity index is 0.000000858. The van der Waals surface area contributed by atoms with Crippen LogP contribution in [0.25, 0.3) is 11.0 Å². The van der Waals surface area contributed by atoms with E-state index >= 15 is 0 Å². The van der Waals surface area contributed by atoms with Crippen LogP contribution in [0.15, 0.2) is 54.3 Å². The molecule has 0 aromatic carbocycles. The minimum Gasteiger partial charge on any atom is -0.468 e. The number of rotatable bonds is 6. The molecule has 1 unspecified atom stereocenters. The zero-order valence-corrected chi connectivity index (χ0v) is 18.8. The number of aromatic nitrogens is 3. The highest BCUT2D eigenvalue weighted by molar-refractivity contribution is 6.07. The van der Waals surface area contributed by atoms with Crippen molar-refractivity contribution in [3.05, 3.63) is 54.9 Å². The Morgan fingerprint density at radius 3 is 2.71 bits per heavy atom. The fraction of sp³-hybridized carbons (Fsp3) is 0.458. The van der Waals surface area contributed by atoms with E-state index in [2.05, 4.69) is 40.5 Å². The molecule has 0 saturated carbocycles. The maximum atomic E-state index is 6.18. The summed E-state index contributed by atoms with van der Waals surface area (Å²) in [5, 5.41) is 9.20. The largest absolute Gasteiger partial charge is 0.468 e. The van der Waals surface area contributed by atoms with Crippen LogP contribution in [0.2, 0.25) is 0 Å². The van der Waals surface area contributed by atoms with Crippen LogP contribution in [0.5, 0.6) is 0 Å². The summed E-state index contributed by atoms with van der Waals surface area (Å²) in [4.78, 5) is 9.33. The van der Waals surface area contributed by atoms with Crippen molar-refractivity contribution in [2.45, 2.75) is 52.3 Å². The van der Waals surface area contributed by atoms with E-state index in [-0.39, 0.29) is 6.10 Å². The molecule has 0 spiro atoms. The van der Waals surface area contributed by atoms with Gasteiger partial charge in [-0.15, -0.1) is 6.58 Å². The minimum atomic E-state index is -0.0574. The summed E-state index contributed by atoms with van der Waals surface area (Å²) in [5.74, 6) is 0.634. The van der Waals surface area contributed by atoms with Crippen molar-refractivity contribution < 1.29 is 9.47 Å². The van der Waals surface area contributed by atoms with Crippen LogP contribution in [0.3, 0.4) is 0 Å². The summed E-state index contributed by atoms with van der Waals surface area (Å²) in [6, 6.07) is 0.350. The molecule has 4 rings (SSSR count). The van der Waals surface area contributed by atoms with Gasteiger partial charge in [0.15, 0.2) is 5.65 Å². The summed E-state index contributed by atoms with van der Waals surface area (Å²) in [7, 11) is 0. The van der Waals surface area contributed by atoms with E-state index in [9.17, 15) is 0 Å². The molecule has 7 heteroatoms. The molecule has 0 radical (unpaired) electrons. The van der Waals surface area contributed by atoms with Gasteiger partial charge in [0.2, 0.25) is 5.90 Å². The number of ether oxygens (including phenoxy) is 2. The van der Waals surface area contributed by atoms with Crippen LogP contribution in [0.1, 0.15) is 39.2 Å². The quantitative estimate of drug-likeness (QED) is 0.547. The van der Waals surface area contributed by atoms with Crippen molar-refractivity contribution >= 4 is 22.6 Å². The molecular formula is C24H33N5O2. The van der Waals surface area contributed by atoms with E-state index in [1.54, 1.807) is 12.2 Å². The van der Waals surface area contributed by atoms with E-state index in [4.69, 9.17) is 9.47 Å². The van der Waals surface area contributed by atoms with Crippen molar-refractivity contribution in [3.63, 3.8) is 0 Å². The molecule has 2 aromatic rings. The van der Waals surface area contributed by atoms with Gasteiger partial charge in [-0.05, 0) is 39.2 Å². The Hall–Kier alpha value is -2.93. The number of allylic oxidation sites excluding steroid dienone is 3. The van der Waals surface area contributed by atoms with E-state index < -0.39 is 0 Å². The number of pyridine rings is 1. The number of anilines is 1. The van der Waals surface area contributed by atoms with Crippen LogP contribution >= 0.6 is 0 Å². The highest BCUT2D eigenvalue weighted by atomic mass is 16.5. The number of fused-ring (bicyclic) bond motifs is 1. The zero-order valence-electron chi connectivity index (χ0n) is 18.8. The van der Waals surface area contributed by atoms with Crippen molar-refractivity contribution in [2.75, 3.05) is 25.1 Å². The van der Waals surface area contributed by atoms with Gasteiger partial charge < -0.3 is 14.8 Å². The number of hydrogen-bond donors (Lipinski definition) is 1. The van der Waals surface area contributed by atoms with E-state index in [1.807, 2.05) is 37.0 Å². The molecule has 2 aromatic heterocycles. The van der Waals surface area contributed by atoms with E-state index in [0.29, 0.717) is 18.5 Å². The number of nitrogens with zero attached hydrogens (tertiary/aromatic N) is 4. The van der Waals surface area contributed by atoms with E-state index in [0.717, 1.165) is 60.5 Å². The number of aryl methyl sites for hydroxylation is 1. The van der Waals surface area contributed by atoms with Crippen LogP contribution in [0, 0.1) is 0 Å². The summed E-state index contributed by atoms with van der Waals surface area (Å²) < 4.78 is 13.6. The third-order valence-corrected chi connectivity index (χ3v) is 5.31. The average Bonchev–Trinajstić information content (AvgIpc) is 3.43. The summed E-state index contributed by atoms with van der Waals surface area (Å²) >= 11 is 0. The van der Waals surface area contributed by atoms with Gasteiger partial charge in [-0.2, -0.15) is 5.10 Å². The first-order chi connectivity index (χ1) is 15.1. The molecule has 2 aliphatic heterocycles. The van der Waals surface area contributed by atoms with Gasteiger partial charge in [0.25, 0.3) is 0 Å². The predicted molar refractivity (Wildman–Crippen MR) is 127 cm³/mol. The molecule has 0 bridgehead atoms. The number of hydrogen-bond acceptors (Lipinski definition) is 6. The second-order valence-corrected chi connectivity index (χ2v) is 7.58. The maximum absolute atomic E-state index is 6.18. The monoisotopic (exact) mass is 423 g/mol. The predicted octanol–water partition coefficient (Wildman–Crippen LogP) is 4.51. The van der Waals surface area contributed by atoms with Crippen molar-refractivity contribution in [1.29, 1.82) is 0 Å². The Bertz CT molecular complexity index is 970. The van der Waals surface area contributed by atoms with Gasteiger partial charge in [-0.1, -0.05) is 24.8 Å². The van der Waals surface area contributed by atoms with Gasteiger partial charge in [-0.3, -0.25) is 0 Å². The van der Waals surface area contributed by atoms with Gasteiger partial charge in [0.1, 0.15) is 6.10 Å². The van der Waals surface area contributed by atoms with E-state index in [1.165, 1.54) is 0 Å². The Morgan fingerprint density at radius 2 is 2.03 bits per heavy atom. The molecule has 166 valence electrons. The zero-order chi connectivity index (χ0) is 22.2. The second kappa shape index (κ2) is 10.9. The summed E-state index contributed by atoms with van der Waals surface area (Å²) in [5.41, 5.74) is 3.88. The lowest BCUT2D eigenvalue weighted by Crippen LogP contribution is -2.29. The molecule has 1 atom stereocenters. The summed E-state index contributed by atoms with van der Waals surface area (Å²) in [6.45, 7) is 16.1. The molecule has 0 aliphatic carbocycles. The SMILES string of the molecule is C=C/C=C(\C)C1CN=C(c2cnc3c(cnn3CC)c2NC2CCOCC2)O1.C=CC. The number of nitrogens with one attached hydrogen (secondary N) is 1. The van der Waals surface area contributed by atoms with Crippen molar-refractivity contribution in [3.8, 4) is 0 Å². The standard InChI is InChI=1S/C21H27N5O2.C3H6/c1-4-6-14(3)18-13-23-21(28-18)17-11-22-20-16(12-24-26(20)5-2)19(17)25-15-7-9-27-10-8-15;1-3-2/h4,6,11-12,15,18H,1,5,7-10,13H2,2-3H3,(H,22,25);3H,1H2,2H3/b14-6+;. The van der Waals surface area contributed by atoms with Crippen molar-refractivity contribution in [1.82, 2.24) is 14.8 Å². The first-order valence-corrected chi connectivity index (χ1v) is 10.9. The summed E-state index contributed by atoms with van der Waals surface area (Å²) in [6.07, 6.45) is 11.1. The van der Waals surface area contributed by atoms with Crippen LogP contribution in [-0.2, 0) is 16.0 Å². The molecule has 4 heterocycles. The minimum absolute atomic E-state index is 0.0574. The smallest absolute Gasteiger partial charge is 0.220 e. The average molecular weight is 424 g/mol. The lowest BCUT2D eigenvalue weighted by molar-refractivity contribution is 0.0905. The Morgan fingerprint density at radius 1 is 1.29 bits per heavy atom. The normalized spacial score (nSPS) is 19.3. The Kier molecular flexibility index (Phi) is 8.00. The molecule has 0 amide bonds. The molecule has 1 N–H and O–H groups in total. The molecule has 1 fully saturated rings. The van der Waals surface area contributed by atoms with Gasteiger partial charge in [-0.25, -0.2) is 14.7 Å². The van der Waals surface area contributed by atoms with Gasteiger partial charge in [0, 0.05) is 32.0 Å². The number of aliphatic imine (C=N–C) groups is 1. The van der Waals surface area contributed by atoms with Crippen LogP contribution < -0.4 is 5.32 Å². The fourth-order valence-electron chi connectivity index (χ4n) is 3.68.